The molecule has 0 amide bonds. The van der Waals surface area contributed by atoms with Gasteiger partial charge in [0.05, 0.1) is 6.33 Å². The smallest absolute Gasteiger partial charge is 0.329 e. The molecule has 0 unspecified atom stereocenters. The molecule has 0 aliphatic rings. The highest BCUT2D eigenvalue weighted by atomic mass is 16.5. The Balaban J connectivity index is 2.86. The summed E-state index contributed by atoms with van der Waals surface area (Å²) in [6.45, 7) is 0.220. The number of aromatic amines is 1. The van der Waals surface area contributed by atoms with E-state index in [9.17, 15) is 9.59 Å². The van der Waals surface area contributed by atoms with Crippen LogP contribution in [0.1, 0.15) is 0 Å². The minimum absolute atomic E-state index is 0.220. The molecule has 0 aromatic carbocycles. The van der Waals surface area contributed by atoms with Crippen molar-refractivity contribution < 1.29 is 4.74 Å². The molecule has 1 N–H and O–H groups in total. The van der Waals surface area contributed by atoms with Crippen LogP contribution in [-0.4, -0.2) is 26.2 Å². The maximum atomic E-state index is 11.7. The van der Waals surface area contributed by atoms with Crippen molar-refractivity contribution in [1.29, 1.82) is 0 Å². The van der Waals surface area contributed by atoms with Crippen LogP contribution in [0, 0.1) is 0 Å². The van der Waals surface area contributed by atoms with Crippen molar-refractivity contribution in [3.05, 3.63) is 27.2 Å². The van der Waals surface area contributed by atoms with Crippen molar-refractivity contribution >= 4 is 11.2 Å². The highest BCUT2D eigenvalue weighted by Gasteiger charge is 2.10. The lowest BCUT2D eigenvalue weighted by Gasteiger charge is -2.01. The van der Waals surface area contributed by atoms with Crippen LogP contribution in [0.25, 0.3) is 11.2 Å². The molecule has 0 saturated heterocycles. The lowest BCUT2D eigenvalue weighted by molar-refractivity contribution is 0.134. The van der Waals surface area contributed by atoms with Gasteiger partial charge in [0.1, 0.15) is 6.73 Å². The van der Waals surface area contributed by atoms with E-state index in [0.717, 1.165) is 4.57 Å². The zero-order valence-corrected chi connectivity index (χ0v) is 8.35. The number of H-pyrrole nitrogens is 1. The quantitative estimate of drug-likeness (QED) is 0.691. The Kier molecular flexibility index (Phi) is 2.16. The average Bonchev–Trinajstić information content (AvgIpc) is 2.59. The second kappa shape index (κ2) is 3.35. The molecule has 0 radical (unpaired) electrons. The van der Waals surface area contributed by atoms with Crippen LogP contribution in [0.4, 0.5) is 0 Å². The molecule has 7 heteroatoms. The van der Waals surface area contributed by atoms with Crippen molar-refractivity contribution in [2.75, 3.05) is 7.11 Å². The second-order valence-corrected chi connectivity index (χ2v) is 3.12. The zero-order valence-electron chi connectivity index (χ0n) is 8.35. The molecule has 15 heavy (non-hydrogen) atoms. The monoisotopic (exact) mass is 210 g/mol. The van der Waals surface area contributed by atoms with Crippen molar-refractivity contribution in [3.63, 3.8) is 0 Å². The summed E-state index contributed by atoms with van der Waals surface area (Å²) in [5.74, 6) is 0. The summed E-state index contributed by atoms with van der Waals surface area (Å²) in [6.07, 6.45) is 1.45. The van der Waals surface area contributed by atoms with Gasteiger partial charge in [0.25, 0.3) is 5.56 Å². The number of nitrogens with zero attached hydrogens (tertiary/aromatic N) is 3. The van der Waals surface area contributed by atoms with E-state index in [1.54, 1.807) is 0 Å². The minimum atomic E-state index is -0.477. The number of rotatable bonds is 2. The summed E-state index contributed by atoms with van der Waals surface area (Å²) in [7, 11) is 2.92. The molecule has 0 saturated carbocycles. The Morgan fingerprint density at radius 1 is 1.53 bits per heavy atom. The molecular weight excluding hydrogens is 200 g/mol. The van der Waals surface area contributed by atoms with Gasteiger partial charge in [-0.3, -0.25) is 14.3 Å². The van der Waals surface area contributed by atoms with E-state index >= 15 is 0 Å². The van der Waals surface area contributed by atoms with E-state index in [0.29, 0.717) is 5.52 Å². The van der Waals surface area contributed by atoms with E-state index in [1.807, 2.05) is 0 Å². The van der Waals surface area contributed by atoms with Crippen LogP contribution in [0.5, 0.6) is 0 Å². The van der Waals surface area contributed by atoms with Crippen LogP contribution in [0.15, 0.2) is 15.9 Å². The Bertz CT molecular complexity index is 606. The fraction of sp³-hybridized carbons (Fsp3) is 0.375. The van der Waals surface area contributed by atoms with E-state index in [4.69, 9.17) is 4.74 Å². The maximum absolute atomic E-state index is 11.7. The Morgan fingerprint density at radius 2 is 2.27 bits per heavy atom. The first kappa shape index (κ1) is 9.66. The van der Waals surface area contributed by atoms with Crippen molar-refractivity contribution in [3.8, 4) is 0 Å². The molecule has 7 nitrogen and oxygen atoms in total. The average molecular weight is 210 g/mol. The van der Waals surface area contributed by atoms with Gasteiger partial charge in [-0.15, -0.1) is 0 Å². The van der Waals surface area contributed by atoms with Gasteiger partial charge in [-0.05, 0) is 0 Å². The third kappa shape index (κ3) is 1.37. The van der Waals surface area contributed by atoms with E-state index < -0.39 is 5.69 Å². The predicted octanol–water partition coefficient (Wildman–Crippen LogP) is -0.973. The second-order valence-electron chi connectivity index (χ2n) is 3.12. The molecule has 2 rings (SSSR count). The number of hydrogen-bond donors (Lipinski definition) is 1. The number of nitrogens with one attached hydrogen (secondary N) is 1. The number of imidazole rings is 1. The Morgan fingerprint density at radius 3 is 2.93 bits per heavy atom. The number of aromatic nitrogens is 4. The van der Waals surface area contributed by atoms with Gasteiger partial charge in [0.2, 0.25) is 0 Å². The number of methoxy groups -OCH3 is 1. The van der Waals surface area contributed by atoms with Crippen LogP contribution in [0.3, 0.4) is 0 Å². The van der Waals surface area contributed by atoms with Crippen LogP contribution < -0.4 is 11.2 Å². The molecule has 0 aliphatic carbocycles. The molecule has 0 aliphatic heterocycles. The molecule has 2 heterocycles. The zero-order chi connectivity index (χ0) is 11.0. The molecular formula is C8H10N4O3. The van der Waals surface area contributed by atoms with Gasteiger partial charge >= 0.3 is 5.69 Å². The first-order valence-corrected chi connectivity index (χ1v) is 4.28. The van der Waals surface area contributed by atoms with Gasteiger partial charge in [-0.2, -0.15) is 0 Å². The van der Waals surface area contributed by atoms with E-state index in [-0.39, 0.29) is 17.9 Å². The molecule has 80 valence electrons. The summed E-state index contributed by atoms with van der Waals surface area (Å²) in [5.41, 5.74) is -0.252. The maximum Gasteiger partial charge on any atom is 0.329 e. The third-order valence-corrected chi connectivity index (χ3v) is 2.14. The van der Waals surface area contributed by atoms with Crippen molar-refractivity contribution in [2.24, 2.45) is 7.05 Å². The standard InChI is InChI=1S/C8H10N4O3/c1-11-7(13)5-6(10-8(11)14)9-3-12(5)4-15-2/h3H,4H2,1-2H3,(H,10,14). The fourth-order valence-electron chi connectivity index (χ4n) is 1.37. The number of ether oxygens (including phenoxy) is 1. The van der Waals surface area contributed by atoms with Gasteiger partial charge in [-0.1, -0.05) is 0 Å². The first-order chi connectivity index (χ1) is 7.15. The Hall–Kier alpha value is -1.89. The lowest BCUT2D eigenvalue weighted by Crippen LogP contribution is -2.33. The largest absolute Gasteiger partial charge is 0.364 e. The molecule has 0 fully saturated rings. The normalized spacial score (nSPS) is 11.1. The fourth-order valence-corrected chi connectivity index (χ4v) is 1.37. The van der Waals surface area contributed by atoms with Crippen molar-refractivity contribution in [2.45, 2.75) is 6.73 Å². The van der Waals surface area contributed by atoms with Crippen LogP contribution in [0.2, 0.25) is 0 Å². The van der Waals surface area contributed by atoms with Crippen LogP contribution in [-0.2, 0) is 18.5 Å². The summed E-state index contributed by atoms with van der Waals surface area (Å²) in [4.78, 5) is 29.4. The van der Waals surface area contributed by atoms with Gasteiger partial charge in [0.15, 0.2) is 11.2 Å². The highest BCUT2D eigenvalue weighted by molar-refractivity contribution is 5.68. The molecule has 0 spiro atoms. The Labute approximate surface area is 83.9 Å². The summed E-state index contributed by atoms with van der Waals surface area (Å²) in [5, 5.41) is 0. The minimum Gasteiger partial charge on any atom is -0.364 e. The van der Waals surface area contributed by atoms with Gasteiger partial charge < -0.3 is 9.30 Å². The predicted molar refractivity (Wildman–Crippen MR) is 52.6 cm³/mol. The molecule has 2 aromatic heterocycles. The summed E-state index contributed by atoms with van der Waals surface area (Å²) >= 11 is 0. The van der Waals surface area contributed by atoms with Gasteiger partial charge in [-0.25, -0.2) is 9.78 Å². The molecule has 2 aromatic rings. The lowest BCUT2D eigenvalue weighted by atomic mass is 10.5. The number of fused-ring (bicyclic) bond motifs is 1. The van der Waals surface area contributed by atoms with Crippen molar-refractivity contribution in [1.82, 2.24) is 19.1 Å². The topological polar surface area (TPSA) is 81.9 Å². The van der Waals surface area contributed by atoms with E-state index in [1.165, 1.54) is 25.1 Å². The third-order valence-electron chi connectivity index (χ3n) is 2.14. The van der Waals surface area contributed by atoms with Gasteiger partial charge in [0, 0.05) is 14.2 Å². The van der Waals surface area contributed by atoms with Crippen LogP contribution >= 0.6 is 0 Å². The molecule has 0 atom stereocenters. The number of hydrogen-bond acceptors (Lipinski definition) is 4. The van der Waals surface area contributed by atoms with E-state index in [2.05, 4.69) is 9.97 Å². The summed E-state index contributed by atoms with van der Waals surface area (Å²) in [6, 6.07) is 0. The highest BCUT2D eigenvalue weighted by Crippen LogP contribution is 2.02. The SMILES string of the molecule is COCn1cnc2[nH]c(=O)n(C)c(=O)c21. The first-order valence-electron chi connectivity index (χ1n) is 4.28. The summed E-state index contributed by atoms with van der Waals surface area (Å²) < 4.78 is 7.43. The molecule has 0 bridgehead atoms.